The van der Waals surface area contributed by atoms with Gasteiger partial charge in [-0.3, -0.25) is 0 Å². The molecule has 0 N–H and O–H groups in total. The van der Waals surface area contributed by atoms with E-state index in [-0.39, 0.29) is 0 Å². The molecule has 16 heavy (non-hydrogen) atoms. The Kier molecular flexibility index (Phi) is 3.42. The second-order valence-electron chi connectivity index (χ2n) is 4.76. The third-order valence-electron chi connectivity index (χ3n) is 3.10. The minimum atomic E-state index is -0.698. The maximum absolute atomic E-state index is 13.4. The van der Waals surface area contributed by atoms with Crippen LogP contribution in [0.2, 0.25) is 0 Å². The summed E-state index contributed by atoms with van der Waals surface area (Å²) in [6.45, 7) is 5.72. The molecule has 0 saturated carbocycles. The minimum Gasteiger partial charge on any atom is -0.353 e. The maximum Gasteiger partial charge on any atom is 0.132 e. The molecule has 2 rings (SSSR count). The van der Waals surface area contributed by atoms with E-state index in [1.54, 1.807) is 6.20 Å². The second-order valence-corrected chi connectivity index (χ2v) is 4.76. The zero-order valence-corrected chi connectivity index (χ0v) is 9.99. The molecule has 0 radical (unpaired) electrons. The Labute approximate surface area is 96.5 Å². The number of hydrogen-bond acceptors (Lipinski definition) is 2. The molecule has 1 aliphatic rings. The summed E-state index contributed by atoms with van der Waals surface area (Å²) < 4.78 is 13.4. The van der Waals surface area contributed by atoms with Crippen molar-refractivity contribution < 1.29 is 4.39 Å². The van der Waals surface area contributed by atoms with Crippen LogP contribution in [0, 0.1) is 0 Å². The van der Waals surface area contributed by atoms with E-state index in [0.717, 1.165) is 18.8 Å². The van der Waals surface area contributed by atoms with Crippen molar-refractivity contribution in [1.29, 1.82) is 0 Å². The summed E-state index contributed by atoms with van der Waals surface area (Å²) in [6.07, 6.45) is 2.72. The summed E-state index contributed by atoms with van der Waals surface area (Å²) in [7, 11) is 0. The lowest BCUT2D eigenvalue weighted by Crippen LogP contribution is -2.37. The number of nitrogens with zero attached hydrogens (tertiary/aromatic N) is 2. The van der Waals surface area contributed by atoms with E-state index < -0.39 is 6.17 Å². The van der Waals surface area contributed by atoms with Crippen LogP contribution in [0.4, 0.5) is 10.2 Å². The van der Waals surface area contributed by atoms with Gasteiger partial charge >= 0.3 is 0 Å². The van der Waals surface area contributed by atoms with Crippen LogP contribution in [0.3, 0.4) is 0 Å². The van der Waals surface area contributed by atoms with Crippen molar-refractivity contribution in [3.05, 3.63) is 23.9 Å². The van der Waals surface area contributed by atoms with Crippen LogP contribution in [0.1, 0.15) is 38.2 Å². The van der Waals surface area contributed by atoms with Gasteiger partial charge in [0.25, 0.3) is 0 Å². The summed E-state index contributed by atoms with van der Waals surface area (Å²) in [5.41, 5.74) is 1.22. The van der Waals surface area contributed by atoms with Crippen molar-refractivity contribution >= 4 is 5.82 Å². The third-order valence-corrected chi connectivity index (χ3v) is 3.10. The third kappa shape index (κ3) is 2.34. The van der Waals surface area contributed by atoms with Crippen LogP contribution in [0.15, 0.2) is 18.3 Å². The predicted octanol–water partition coefficient (Wildman–Crippen LogP) is 3.14. The normalized spacial score (nSPS) is 21.5. The molecule has 1 aromatic heterocycles. The largest absolute Gasteiger partial charge is 0.353 e. The molecule has 1 aromatic rings. The fraction of sp³-hybridized carbons (Fsp3) is 0.615. The van der Waals surface area contributed by atoms with Crippen molar-refractivity contribution in [1.82, 2.24) is 4.98 Å². The fourth-order valence-electron chi connectivity index (χ4n) is 2.24. The van der Waals surface area contributed by atoms with Gasteiger partial charge in [-0.05, 0) is 30.4 Å². The van der Waals surface area contributed by atoms with Gasteiger partial charge in [0.05, 0.1) is 6.54 Å². The highest BCUT2D eigenvalue weighted by atomic mass is 19.1. The highest BCUT2D eigenvalue weighted by Gasteiger charge is 2.22. The van der Waals surface area contributed by atoms with Crippen LogP contribution >= 0.6 is 0 Å². The zero-order valence-electron chi connectivity index (χ0n) is 9.99. The van der Waals surface area contributed by atoms with E-state index in [1.165, 1.54) is 5.56 Å². The molecule has 3 heteroatoms. The van der Waals surface area contributed by atoms with E-state index in [9.17, 15) is 4.39 Å². The standard InChI is InChI=1S/C13H19FN2/c1-10(2)12-6-3-7-15-13(12)16-8-4-5-11(14)9-16/h3,6-7,10-11H,4-5,8-9H2,1-2H3. The van der Waals surface area contributed by atoms with Crippen molar-refractivity contribution in [2.75, 3.05) is 18.0 Å². The maximum atomic E-state index is 13.4. The first-order valence-electron chi connectivity index (χ1n) is 6.02. The first-order valence-corrected chi connectivity index (χ1v) is 6.02. The second kappa shape index (κ2) is 4.81. The lowest BCUT2D eigenvalue weighted by molar-refractivity contribution is 0.286. The van der Waals surface area contributed by atoms with E-state index in [2.05, 4.69) is 29.8 Å². The number of alkyl halides is 1. The highest BCUT2D eigenvalue weighted by Crippen LogP contribution is 2.27. The van der Waals surface area contributed by atoms with E-state index >= 15 is 0 Å². The molecule has 2 heterocycles. The van der Waals surface area contributed by atoms with Crippen LogP contribution < -0.4 is 4.90 Å². The van der Waals surface area contributed by atoms with Crippen LogP contribution in [-0.4, -0.2) is 24.2 Å². The first-order chi connectivity index (χ1) is 7.68. The molecule has 0 amide bonds. The average molecular weight is 222 g/mol. The number of halogens is 1. The Bertz CT molecular complexity index is 352. The Morgan fingerprint density at radius 3 is 3.00 bits per heavy atom. The molecular formula is C13H19FN2. The molecule has 0 aliphatic carbocycles. The fourth-order valence-corrected chi connectivity index (χ4v) is 2.24. The average Bonchev–Trinajstić information content (AvgIpc) is 2.29. The SMILES string of the molecule is CC(C)c1cccnc1N1CCCC(F)C1. The van der Waals surface area contributed by atoms with Gasteiger partial charge in [0.15, 0.2) is 0 Å². The highest BCUT2D eigenvalue weighted by molar-refractivity contribution is 5.48. The van der Waals surface area contributed by atoms with Gasteiger partial charge in [0.1, 0.15) is 12.0 Å². The van der Waals surface area contributed by atoms with Crippen molar-refractivity contribution in [3.63, 3.8) is 0 Å². The quantitative estimate of drug-likeness (QED) is 0.764. The van der Waals surface area contributed by atoms with Crippen LogP contribution in [0.25, 0.3) is 0 Å². The first kappa shape index (κ1) is 11.4. The summed E-state index contributed by atoms with van der Waals surface area (Å²) in [5, 5.41) is 0. The summed E-state index contributed by atoms with van der Waals surface area (Å²) in [4.78, 5) is 6.50. The van der Waals surface area contributed by atoms with Gasteiger partial charge in [-0.2, -0.15) is 0 Å². The Morgan fingerprint density at radius 1 is 1.50 bits per heavy atom. The molecule has 0 aromatic carbocycles. The zero-order chi connectivity index (χ0) is 11.5. The number of hydrogen-bond donors (Lipinski definition) is 0. The summed E-state index contributed by atoms with van der Waals surface area (Å²) in [6, 6.07) is 4.05. The molecule has 1 unspecified atom stereocenters. The van der Waals surface area contributed by atoms with Crippen molar-refractivity contribution in [2.24, 2.45) is 0 Å². The van der Waals surface area contributed by atoms with Gasteiger partial charge < -0.3 is 4.90 Å². The van der Waals surface area contributed by atoms with E-state index in [4.69, 9.17) is 0 Å². The molecule has 2 nitrogen and oxygen atoms in total. The lowest BCUT2D eigenvalue weighted by atomic mass is 10.0. The molecule has 0 bridgehead atoms. The molecule has 1 atom stereocenters. The molecule has 1 saturated heterocycles. The molecule has 0 spiro atoms. The Hall–Kier alpha value is -1.12. The lowest BCUT2D eigenvalue weighted by Gasteiger charge is -2.32. The number of anilines is 1. The van der Waals surface area contributed by atoms with Crippen molar-refractivity contribution in [3.8, 4) is 0 Å². The van der Waals surface area contributed by atoms with Gasteiger partial charge in [0, 0.05) is 12.7 Å². The van der Waals surface area contributed by atoms with Gasteiger partial charge in [-0.15, -0.1) is 0 Å². The number of piperidine rings is 1. The minimum absolute atomic E-state index is 0.434. The Balaban J connectivity index is 2.25. The monoisotopic (exact) mass is 222 g/mol. The molecule has 1 aliphatic heterocycles. The van der Waals surface area contributed by atoms with Gasteiger partial charge in [0.2, 0.25) is 0 Å². The summed E-state index contributed by atoms with van der Waals surface area (Å²) in [5.74, 6) is 1.41. The Morgan fingerprint density at radius 2 is 2.31 bits per heavy atom. The topological polar surface area (TPSA) is 16.1 Å². The van der Waals surface area contributed by atoms with E-state index in [1.807, 2.05) is 6.07 Å². The predicted molar refractivity (Wildman–Crippen MR) is 64.7 cm³/mol. The molecule has 1 fully saturated rings. The number of pyridine rings is 1. The smallest absolute Gasteiger partial charge is 0.132 e. The number of rotatable bonds is 2. The summed E-state index contributed by atoms with van der Waals surface area (Å²) >= 11 is 0. The molecule has 88 valence electrons. The van der Waals surface area contributed by atoms with Crippen LogP contribution in [-0.2, 0) is 0 Å². The van der Waals surface area contributed by atoms with Gasteiger partial charge in [-0.25, -0.2) is 9.37 Å². The van der Waals surface area contributed by atoms with E-state index in [0.29, 0.717) is 18.9 Å². The van der Waals surface area contributed by atoms with Crippen molar-refractivity contribution in [2.45, 2.75) is 38.8 Å². The van der Waals surface area contributed by atoms with Gasteiger partial charge in [-0.1, -0.05) is 19.9 Å². The molecular weight excluding hydrogens is 203 g/mol. The van der Waals surface area contributed by atoms with Crippen LogP contribution in [0.5, 0.6) is 0 Å². The number of aromatic nitrogens is 1.